The van der Waals surface area contributed by atoms with Crippen LogP contribution in [0.25, 0.3) is 0 Å². The van der Waals surface area contributed by atoms with E-state index < -0.39 is 0 Å². The monoisotopic (exact) mass is 290 g/mol. The van der Waals surface area contributed by atoms with E-state index in [1.807, 2.05) is 0 Å². The zero-order valence-corrected chi connectivity index (χ0v) is 13.5. The largest absolute Gasteiger partial charge is 0.393 e. The fraction of sp³-hybridized carbons (Fsp3) is 0.895. The fourth-order valence-corrected chi connectivity index (χ4v) is 6.66. The lowest BCUT2D eigenvalue weighted by molar-refractivity contribution is -0.0360. The molecule has 118 valence electrons. The molecule has 0 heterocycles. The van der Waals surface area contributed by atoms with Crippen molar-refractivity contribution in [2.24, 2.45) is 28.6 Å². The van der Waals surface area contributed by atoms with E-state index in [-0.39, 0.29) is 12.2 Å². The van der Waals surface area contributed by atoms with Gasteiger partial charge in [-0.25, -0.2) is 0 Å². The molecule has 0 aromatic carbocycles. The molecule has 4 aliphatic rings. The highest BCUT2D eigenvalue weighted by Crippen LogP contribution is 2.64. The predicted octanol–water partition coefficient (Wildman–Crippen LogP) is 3.67. The van der Waals surface area contributed by atoms with Gasteiger partial charge in [0.25, 0.3) is 0 Å². The number of fused-ring (bicyclic) bond motifs is 5. The topological polar surface area (TPSA) is 40.5 Å². The van der Waals surface area contributed by atoms with Crippen molar-refractivity contribution in [2.75, 3.05) is 0 Å². The summed E-state index contributed by atoms with van der Waals surface area (Å²) in [4.78, 5) is 0. The second-order valence-corrected chi connectivity index (χ2v) is 8.94. The van der Waals surface area contributed by atoms with Crippen LogP contribution in [0.3, 0.4) is 0 Å². The van der Waals surface area contributed by atoms with Crippen molar-refractivity contribution >= 4 is 0 Å². The van der Waals surface area contributed by atoms with Gasteiger partial charge in [-0.2, -0.15) is 0 Å². The minimum atomic E-state index is -0.108. The molecule has 4 aliphatic carbocycles. The van der Waals surface area contributed by atoms with E-state index >= 15 is 0 Å². The Morgan fingerprint density at radius 3 is 2.67 bits per heavy atom. The zero-order chi connectivity index (χ0) is 14.8. The molecule has 2 nitrogen and oxygen atoms in total. The summed E-state index contributed by atoms with van der Waals surface area (Å²) in [5.41, 5.74) is 2.26. The molecule has 0 unspecified atom stereocenters. The Morgan fingerprint density at radius 1 is 1.05 bits per heavy atom. The van der Waals surface area contributed by atoms with E-state index in [1.165, 1.54) is 19.3 Å². The third-order valence-corrected chi connectivity index (χ3v) is 7.82. The third-order valence-electron chi connectivity index (χ3n) is 7.82. The van der Waals surface area contributed by atoms with Crippen LogP contribution < -0.4 is 0 Å². The van der Waals surface area contributed by atoms with Gasteiger partial charge in [0.15, 0.2) is 0 Å². The molecule has 0 amide bonds. The van der Waals surface area contributed by atoms with Crippen molar-refractivity contribution in [1.29, 1.82) is 0 Å². The molecule has 0 radical (unpaired) electrons. The summed E-state index contributed by atoms with van der Waals surface area (Å²) < 4.78 is 0. The van der Waals surface area contributed by atoms with Gasteiger partial charge >= 0.3 is 0 Å². The maximum atomic E-state index is 10.2. The molecular weight excluding hydrogens is 260 g/mol. The van der Waals surface area contributed by atoms with Crippen LogP contribution in [0.1, 0.15) is 65.2 Å². The van der Waals surface area contributed by atoms with Gasteiger partial charge in [-0.15, -0.1) is 0 Å². The summed E-state index contributed by atoms with van der Waals surface area (Å²) >= 11 is 0. The van der Waals surface area contributed by atoms with Gasteiger partial charge in [0.05, 0.1) is 12.2 Å². The molecule has 0 spiro atoms. The first-order valence-electron chi connectivity index (χ1n) is 8.98. The first kappa shape index (κ1) is 14.3. The molecule has 0 bridgehead atoms. The number of hydrogen-bond donors (Lipinski definition) is 2. The van der Waals surface area contributed by atoms with E-state index in [9.17, 15) is 10.2 Å². The summed E-state index contributed by atoms with van der Waals surface area (Å²) in [6.45, 7) is 4.89. The molecular formula is C19H30O2. The highest BCUT2D eigenvalue weighted by molar-refractivity contribution is 5.25. The molecule has 3 fully saturated rings. The van der Waals surface area contributed by atoms with E-state index in [4.69, 9.17) is 0 Å². The number of hydrogen-bond acceptors (Lipinski definition) is 2. The summed E-state index contributed by atoms with van der Waals surface area (Å²) in [5, 5.41) is 20.2. The molecule has 3 saturated carbocycles. The van der Waals surface area contributed by atoms with Crippen LogP contribution in [0.15, 0.2) is 11.6 Å². The van der Waals surface area contributed by atoms with Crippen LogP contribution in [0.4, 0.5) is 0 Å². The van der Waals surface area contributed by atoms with Crippen LogP contribution >= 0.6 is 0 Å². The maximum Gasteiger partial charge on any atom is 0.0577 e. The molecule has 21 heavy (non-hydrogen) atoms. The van der Waals surface area contributed by atoms with Crippen LogP contribution in [0.2, 0.25) is 0 Å². The van der Waals surface area contributed by atoms with E-state index in [0.717, 1.165) is 43.9 Å². The molecule has 0 aromatic rings. The standard InChI is InChI=1S/C19H30O2/c1-18-7-6-16-15(17(18)10-14(21)11-18)4-3-12-9-13(20)5-8-19(12,16)2/h3,13-17,20-21H,4-11H2,1-2H3/t13-,14+,15-,16+,17+,18-,19+/m1/s1. The van der Waals surface area contributed by atoms with E-state index in [2.05, 4.69) is 19.9 Å². The first-order valence-corrected chi connectivity index (χ1v) is 8.98. The summed E-state index contributed by atoms with van der Waals surface area (Å²) in [6, 6.07) is 0. The Kier molecular flexibility index (Phi) is 3.11. The molecule has 4 rings (SSSR count). The Balaban J connectivity index is 1.67. The van der Waals surface area contributed by atoms with Crippen molar-refractivity contribution in [2.45, 2.75) is 77.4 Å². The SMILES string of the molecule is C[C@]12CC[C@H]3[C@@H](CC=C4C[C@H](O)CC[C@@]43C)[C@@H]1C[C@H](O)C2. The van der Waals surface area contributed by atoms with Crippen molar-refractivity contribution in [3.05, 3.63) is 11.6 Å². The number of allylic oxidation sites excluding steroid dienone is 1. The van der Waals surface area contributed by atoms with Gasteiger partial charge in [0.2, 0.25) is 0 Å². The summed E-state index contributed by atoms with van der Waals surface area (Å²) in [5.74, 6) is 2.27. The molecule has 0 saturated heterocycles. The Labute approximate surface area is 128 Å². The molecule has 2 N–H and O–H groups in total. The highest BCUT2D eigenvalue weighted by atomic mass is 16.3. The number of rotatable bonds is 0. The van der Waals surface area contributed by atoms with E-state index in [0.29, 0.717) is 16.7 Å². The smallest absolute Gasteiger partial charge is 0.0577 e. The minimum Gasteiger partial charge on any atom is -0.393 e. The molecule has 0 aliphatic heterocycles. The normalized spacial score (nSPS) is 56.2. The number of aliphatic hydroxyl groups excluding tert-OH is 2. The Morgan fingerprint density at radius 2 is 1.86 bits per heavy atom. The first-order chi connectivity index (χ1) is 9.92. The Bertz CT molecular complexity index is 470. The summed E-state index contributed by atoms with van der Waals surface area (Å²) in [6.07, 6.45) is 11.2. The minimum absolute atomic E-state index is 0.0647. The highest BCUT2D eigenvalue weighted by Gasteiger charge is 2.57. The molecule has 2 heteroatoms. The van der Waals surface area contributed by atoms with Crippen molar-refractivity contribution in [1.82, 2.24) is 0 Å². The second kappa shape index (κ2) is 4.58. The molecule has 0 aromatic heterocycles. The van der Waals surface area contributed by atoms with Crippen LogP contribution in [0, 0.1) is 28.6 Å². The maximum absolute atomic E-state index is 10.2. The van der Waals surface area contributed by atoms with Crippen LogP contribution in [-0.4, -0.2) is 22.4 Å². The van der Waals surface area contributed by atoms with Gasteiger partial charge in [-0.3, -0.25) is 0 Å². The molecule has 7 atom stereocenters. The second-order valence-electron chi connectivity index (χ2n) is 8.94. The lowest BCUT2D eigenvalue weighted by Crippen LogP contribution is -2.49. The van der Waals surface area contributed by atoms with E-state index in [1.54, 1.807) is 5.57 Å². The lowest BCUT2D eigenvalue weighted by Gasteiger charge is -2.57. The fourth-order valence-electron chi connectivity index (χ4n) is 6.66. The predicted molar refractivity (Wildman–Crippen MR) is 83.7 cm³/mol. The Hall–Kier alpha value is -0.340. The van der Waals surface area contributed by atoms with Gasteiger partial charge in [0.1, 0.15) is 0 Å². The van der Waals surface area contributed by atoms with Gasteiger partial charge in [0, 0.05) is 0 Å². The van der Waals surface area contributed by atoms with Gasteiger partial charge in [-0.1, -0.05) is 25.5 Å². The van der Waals surface area contributed by atoms with Gasteiger partial charge in [-0.05, 0) is 80.0 Å². The van der Waals surface area contributed by atoms with Crippen LogP contribution in [-0.2, 0) is 0 Å². The van der Waals surface area contributed by atoms with Crippen molar-refractivity contribution < 1.29 is 10.2 Å². The lowest BCUT2D eigenvalue weighted by atomic mass is 9.48. The average molecular weight is 290 g/mol. The summed E-state index contributed by atoms with van der Waals surface area (Å²) in [7, 11) is 0. The van der Waals surface area contributed by atoms with Gasteiger partial charge < -0.3 is 10.2 Å². The van der Waals surface area contributed by atoms with Crippen molar-refractivity contribution in [3.8, 4) is 0 Å². The van der Waals surface area contributed by atoms with Crippen LogP contribution in [0.5, 0.6) is 0 Å². The van der Waals surface area contributed by atoms with Crippen molar-refractivity contribution in [3.63, 3.8) is 0 Å². The zero-order valence-electron chi connectivity index (χ0n) is 13.5. The number of aliphatic hydroxyl groups is 2. The average Bonchev–Trinajstić information content (AvgIpc) is 2.74. The quantitative estimate of drug-likeness (QED) is 0.668. The third kappa shape index (κ3) is 1.98.